The van der Waals surface area contributed by atoms with Crippen molar-refractivity contribution >= 4 is 40.7 Å². The Labute approximate surface area is 184 Å². The first-order valence-corrected chi connectivity index (χ1v) is 10.3. The predicted molar refractivity (Wildman–Crippen MR) is 120 cm³/mol. The third-order valence-corrected chi connectivity index (χ3v) is 5.50. The van der Waals surface area contributed by atoms with Crippen LogP contribution in [0.15, 0.2) is 72.8 Å². The topological polar surface area (TPSA) is 95.6 Å². The average Bonchev–Trinajstić information content (AvgIpc) is 3.62. The number of carbonyl (C=O) groups excluding carboxylic acids is 4. The SMILES string of the molecule is O=C(Nc1cccc(N2C(=O)c3ccccc3C2=O)c1)c1cccc(NC(=O)C2CC2)c1. The van der Waals surface area contributed by atoms with E-state index in [-0.39, 0.29) is 17.7 Å². The first-order chi connectivity index (χ1) is 15.5. The maximum atomic E-state index is 12.8. The molecule has 1 aliphatic carbocycles. The van der Waals surface area contributed by atoms with Crippen molar-refractivity contribution in [2.24, 2.45) is 5.92 Å². The van der Waals surface area contributed by atoms with Gasteiger partial charge in [-0.15, -0.1) is 0 Å². The zero-order valence-corrected chi connectivity index (χ0v) is 17.0. The van der Waals surface area contributed by atoms with Gasteiger partial charge in [-0.05, 0) is 61.4 Å². The third-order valence-electron chi connectivity index (χ3n) is 5.50. The number of rotatable bonds is 5. The van der Waals surface area contributed by atoms with Gasteiger partial charge in [0.2, 0.25) is 5.91 Å². The molecule has 32 heavy (non-hydrogen) atoms. The molecule has 5 rings (SSSR count). The van der Waals surface area contributed by atoms with Crippen molar-refractivity contribution in [2.75, 3.05) is 15.5 Å². The minimum absolute atomic E-state index is 0.0313. The monoisotopic (exact) mass is 425 g/mol. The van der Waals surface area contributed by atoms with Gasteiger partial charge < -0.3 is 10.6 Å². The van der Waals surface area contributed by atoms with E-state index >= 15 is 0 Å². The fourth-order valence-corrected chi connectivity index (χ4v) is 3.68. The molecule has 0 bridgehead atoms. The highest BCUT2D eigenvalue weighted by Gasteiger charge is 2.36. The van der Waals surface area contributed by atoms with Gasteiger partial charge in [0.15, 0.2) is 0 Å². The summed E-state index contributed by atoms with van der Waals surface area (Å²) in [5, 5.41) is 5.61. The fraction of sp³-hybridized carbons (Fsp3) is 0.120. The number of nitrogens with zero attached hydrogens (tertiary/aromatic N) is 1. The van der Waals surface area contributed by atoms with Crippen molar-refractivity contribution in [3.8, 4) is 0 Å². The van der Waals surface area contributed by atoms with E-state index in [4.69, 9.17) is 0 Å². The summed E-state index contributed by atoms with van der Waals surface area (Å²) in [6, 6.07) is 19.9. The van der Waals surface area contributed by atoms with E-state index in [1.807, 2.05) is 0 Å². The van der Waals surface area contributed by atoms with Crippen LogP contribution in [0.1, 0.15) is 43.9 Å². The highest BCUT2D eigenvalue weighted by atomic mass is 16.2. The van der Waals surface area contributed by atoms with Crippen LogP contribution >= 0.6 is 0 Å². The molecule has 7 nitrogen and oxygen atoms in total. The number of benzene rings is 3. The quantitative estimate of drug-likeness (QED) is 0.602. The van der Waals surface area contributed by atoms with E-state index in [2.05, 4.69) is 10.6 Å². The number of imide groups is 1. The van der Waals surface area contributed by atoms with Gasteiger partial charge in [0.05, 0.1) is 16.8 Å². The molecule has 7 heteroatoms. The number of carbonyl (C=O) groups is 4. The van der Waals surface area contributed by atoms with Crippen LogP contribution in [0.25, 0.3) is 0 Å². The van der Waals surface area contributed by atoms with Gasteiger partial charge in [-0.1, -0.05) is 24.3 Å². The highest BCUT2D eigenvalue weighted by molar-refractivity contribution is 6.34. The summed E-state index contributed by atoms with van der Waals surface area (Å²) in [5.74, 6) is -1.12. The van der Waals surface area contributed by atoms with Crippen LogP contribution < -0.4 is 15.5 Å². The van der Waals surface area contributed by atoms with Gasteiger partial charge in [-0.25, -0.2) is 4.90 Å². The molecule has 0 aromatic heterocycles. The maximum Gasteiger partial charge on any atom is 0.266 e. The zero-order valence-electron chi connectivity index (χ0n) is 17.0. The normalized spacial score (nSPS) is 14.8. The first kappa shape index (κ1) is 19.7. The molecule has 0 spiro atoms. The minimum Gasteiger partial charge on any atom is -0.326 e. The number of fused-ring (bicyclic) bond motifs is 1. The Morgan fingerprint density at radius 2 is 1.38 bits per heavy atom. The molecular weight excluding hydrogens is 406 g/mol. The van der Waals surface area contributed by atoms with Gasteiger partial charge >= 0.3 is 0 Å². The van der Waals surface area contributed by atoms with Gasteiger partial charge in [0.1, 0.15) is 0 Å². The lowest BCUT2D eigenvalue weighted by atomic mass is 10.1. The number of nitrogens with one attached hydrogen (secondary N) is 2. The molecule has 0 saturated heterocycles. The van der Waals surface area contributed by atoms with Gasteiger partial charge in [-0.3, -0.25) is 19.2 Å². The molecule has 3 aromatic carbocycles. The molecule has 1 fully saturated rings. The van der Waals surface area contributed by atoms with Crippen LogP contribution in [0.3, 0.4) is 0 Å². The van der Waals surface area contributed by atoms with E-state index in [1.165, 1.54) is 0 Å². The van der Waals surface area contributed by atoms with Crippen molar-refractivity contribution in [3.63, 3.8) is 0 Å². The second-order valence-electron chi connectivity index (χ2n) is 7.84. The highest BCUT2D eigenvalue weighted by Crippen LogP contribution is 2.31. The van der Waals surface area contributed by atoms with Crippen LogP contribution in [-0.4, -0.2) is 23.6 Å². The van der Waals surface area contributed by atoms with E-state index in [1.54, 1.807) is 72.8 Å². The van der Waals surface area contributed by atoms with Gasteiger partial charge in [-0.2, -0.15) is 0 Å². The predicted octanol–water partition coefficient (Wildman–Crippen LogP) is 4.09. The summed E-state index contributed by atoms with van der Waals surface area (Å²) in [4.78, 5) is 51.3. The van der Waals surface area contributed by atoms with E-state index in [0.29, 0.717) is 33.8 Å². The molecule has 0 atom stereocenters. The van der Waals surface area contributed by atoms with E-state index in [9.17, 15) is 19.2 Å². The molecule has 0 unspecified atom stereocenters. The number of amides is 4. The summed E-state index contributed by atoms with van der Waals surface area (Å²) in [6.07, 6.45) is 1.80. The van der Waals surface area contributed by atoms with Crippen molar-refractivity contribution in [3.05, 3.63) is 89.5 Å². The van der Waals surface area contributed by atoms with Crippen molar-refractivity contribution in [1.82, 2.24) is 0 Å². The molecule has 158 valence electrons. The standard InChI is InChI=1S/C25H19N3O4/c29-22(15-11-12-15)26-17-6-3-5-16(13-17)23(30)27-18-7-4-8-19(14-18)28-24(31)20-9-1-2-10-21(20)25(28)32/h1-10,13-15H,11-12H2,(H,26,29)(H,27,30). The Bertz CT molecular complexity index is 1240. The van der Waals surface area contributed by atoms with E-state index < -0.39 is 11.8 Å². The smallest absolute Gasteiger partial charge is 0.266 e. The fourth-order valence-electron chi connectivity index (χ4n) is 3.68. The zero-order chi connectivity index (χ0) is 22.2. The van der Waals surface area contributed by atoms with Gasteiger partial charge in [0.25, 0.3) is 17.7 Å². The first-order valence-electron chi connectivity index (χ1n) is 10.3. The van der Waals surface area contributed by atoms with Crippen molar-refractivity contribution < 1.29 is 19.2 Å². The summed E-state index contributed by atoms with van der Waals surface area (Å²) < 4.78 is 0. The molecule has 1 heterocycles. The Hall–Kier alpha value is -4.26. The second-order valence-corrected chi connectivity index (χ2v) is 7.84. The lowest BCUT2D eigenvalue weighted by molar-refractivity contribution is -0.117. The Morgan fingerprint density at radius 1 is 0.750 bits per heavy atom. The van der Waals surface area contributed by atoms with Crippen LogP contribution in [-0.2, 0) is 4.79 Å². The Kier molecular flexibility index (Phi) is 4.78. The van der Waals surface area contributed by atoms with Crippen LogP contribution in [0.5, 0.6) is 0 Å². The Balaban J connectivity index is 1.34. The average molecular weight is 425 g/mol. The maximum absolute atomic E-state index is 12.8. The van der Waals surface area contributed by atoms with Crippen molar-refractivity contribution in [2.45, 2.75) is 12.8 Å². The van der Waals surface area contributed by atoms with Crippen molar-refractivity contribution in [1.29, 1.82) is 0 Å². The molecular formula is C25H19N3O4. The molecule has 3 aromatic rings. The molecule has 2 N–H and O–H groups in total. The minimum atomic E-state index is -0.395. The number of anilines is 3. The number of hydrogen-bond acceptors (Lipinski definition) is 4. The summed E-state index contributed by atoms with van der Waals surface area (Å²) in [7, 11) is 0. The molecule has 2 aliphatic rings. The largest absolute Gasteiger partial charge is 0.326 e. The van der Waals surface area contributed by atoms with Crippen LogP contribution in [0, 0.1) is 5.92 Å². The Morgan fingerprint density at radius 3 is 2.03 bits per heavy atom. The number of hydrogen-bond donors (Lipinski definition) is 2. The molecule has 1 saturated carbocycles. The molecule has 4 amide bonds. The van der Waals surface area contributed by atoms with E-state index in [0.717, 1.165) is 17.7 Å². The summed E-state index contributed by atoms with van der Waals surface area (Å²) in [5.41, 5.74) is 2.48. The molecule has 0 radical (unpaired) electrons. The van der Waals surface area contributed by atoms with Crippen LogP contribution in [0.4, 0.5) is 17.1 Å². The second kappa shape index (κ2) is 7.77. The summed E-state index contributed by atoms with van der Waals surface area (Å²) in [6.45, 7) is 0. The van der Waals surface area contributed by atoms with Gasteiger partial charge in [0, 0.05) is 22.9 Å². The molecule has 1 aliphatic heterocycles. The summed E-state index contributed by atoms with van der Waals surface area (Å²) >= 11 is 0. The van der Waals surface area contributed by atoms with Crippen LogP contribution in [0.2, 0.25) is 0 Å². The lowest BCUT2D eigenvalue weighted by Crippen LogP contribution is -2.29. The lowest BCUT2D eigenvalue weighted by Gasteiger charge is -2.15. The third kappa shape index (κ3) is 3.65.